The Morgan fingerprint density at radius 2 is 1.41 bits per heavy atom. The first-order valence-corrected chi connectivity index (χ1v) is 13.0. The van der Waals surface area contributed by atoms with Gasteiger partial charge in [-0.3, -0.25) is 0 Å². The molecule has 1 aromatic heterocycles. The molecule has 3 N–H and O–H groups in total. The van der Waals surface area contributed by atoms with Crippen molar-refractivity contribution in [3.8, 4) is 5.75 Å². The molecule has 3 rings (SSSR count). The van der Waals surface area contributed by atoms with Gasteiger partial charge in [0.25, 0.3) is 0 Å². The van der Waals surface area contributed by atoms with Gasteiger partial charge < -0.3 is 39.5 Å². The molecule has 0 radical (unpaired) electrons. The molecule has 0 aliphatic carbocycles. The second kappa shape index (κ2) is 17.1. The van der Waals surface area contributed by atoms with Crippen LogP contribution in [0.4, 0.5) is 17.2 Å². The van der Waals surface area contributed by atoms with Gasteiger partial charge in [0.05, 0.1) is 70.7 Å². The van der Waals surface area contributed by atoms with E-state index >= 15 is 0 Å². The van der Waals surface area contributed by atoms with E-state index in [0.29, 0.717) is 89.9 Å². The van der Waals surface area contributed by atoms with E-state index in [4.69, 9.17) is 34.2 Å². The highest BCUT2D eigenvalue weighted by Gasteiger charge is 2.10. The van der Waals surface area contributed by atoms with E-state index in [2.05, 4.69) is 31.2 Å². The fourth-order valence-electron chi connectivity index (χ4n) is 3.26. The van der Waals surface area contributed by atoms with E-state index in [1.165, 1.54) is 6.33 Å². The van der Waals surface area contributed by atoms with Gasteiger partial charge in [0.15, 0.2) is 0 Å². The summed E-state index contributed by atoms with van der Waals surface area (Å²) in [5.41, 5.74) is 8.37. The number of benzene rings is 2. The third-order valence-electron chi connectivity index (χ3n) is 5.03. The largest absolute Gasteiger partial charge is 0.489 e. The van der Waals surface area contributed by atoms with E-state index in [1.807, 2.05) is 43.3 Å². The SMILES string of the molecule is CCOCCOCCOCCOCCOCCOc1cc2ncnc(Nc3cccc(Br)c3)c2cc1N. The van der Waals surface area contributed by atoms with Crippen molar-refractivity contribution in [2.75, 3.05) is 83.7 Å². The molecule has 11 heteroatoms. The van der Waals surface area contributed by atoms with Crippen LogP contribution in [0.25, 0.3) is 10.9 Å². The minimum atomic E-state index is 0.357. The Morgan fingerprint density at radius 3 is 2.03 bits per heavy atom. The summed E-state index contributed by atoms with van der Waals surface area (Å²) < 4.78 is 33.8. The van der Waals surface area contributed by atoms with Crippen LogP contribution in [0.5, 0.6) is 5.75 Å². The molecule has 0 spiro atoms. The number of aromatic nitrogens is 2. The Labute approximate surface area is 225 Å². The van der Waals surface area contributed by atoms with Crippen LogP contribution in [0.2, 0.25) is 0 Å². The lowest BCUT2D eigenvalue weighted by Crippen LogP contribution is -2.14. The van der Waals surface area contributed by atoms with E-state index in [9.17, 15) is 0 Å². The summed E-state index contributed by atoms with van der Waals surface area (Å²) in [5, 5.41) is 4.11. The first-order chi connectivity index (χ1) is 18.2. The van der Waals surface area contributed by atoms with Crippen LogP contribution in [0.15, 0.2) is 47.2 Å². The molecule has 2 aromatic carbocycles. The number of rotatable bonds is 19. The molecule has 0 atom stereocenters. The van der Waals surface area contributed by atoms with Crippen LogP contribution < -0.4 is 15.8 Å². The van der Waals surface area contributed by atoms with Gasteiger partial charge >= 0.3 is 0 Å². The number of ether oxygens (including phenoxy) is 6. The number of nitrogens with one attached hydrogen (secondary N) is 1. The van der Waals surface area contributed by atoms with Crippen molar-refractivity contribution in [1.29, 1.82) is 0 Å². The van der Waals surface area contributed by atoms with E-state index in [-0.39, 0.29) is 0 Å². The van der Waals surface area contributed by atoms with Crippen molar-refractivity contribution in [3.63, 3.8) is 0 Å². The minimum absolute atomic E-state index is 0.357. The zero-order valence-electron chi connectivity index (χ0n) is 21.1. The first kappa shape index (κ1) is 29.0. The summed E-state index contributed by atoms with van der Waals surface area (Å²) >= 11 is 3.48. The van der Waals surface area contributed by atoms with Gasteiger partial charge in [0.2, 0.25) is 0 Å². The second-order valence-corrected chi connectivity index (χ2v) is 8.68. The molecule has 0 saturated carbocycles. The number of halogens is 1. The predicted octanol–water partition coefficient (Wildman–Crippen LogP) is 4.20. The van der Waals surface area contributed by atoms with Crippen LogP contribution in [-0.4, -0.2) is 82.6 Å². The number of fused-ring (bicyclic) bond motifs is 1. The molecule has 0 aliphatic heterocycles. The second-order valence-electron chi connectivity index (χ2n) is 7.76. The summed E-state index contributed by atoms with van der Waals surface area (Å²) in [6.45, 7) is 7.69. The summed E-state index contributed by atoms with van der Waals surface area (Å²) in [6.07, 6.45) is 1.51. The van der Waals surface area contributed by atoms with E-state index < -0.39 is 0 Å². The third kappa shape index (κ3) is 10.8. The summed E-state index contributed by atoms with van der Waals surface area (Å²) in [4.78, 5) is 8.73. The Balaban J connectivity index is 1.29. The average molecular weight is 579 g/mol. The number of hydrogen-bond acceptors (Lipinski definition) is 10. The highest BCUT2D eigenvalue weighted by atomic mass is 79.9. The number of anilines is 3. The molecule has 0 saturated heterocycles. The highest BCUT2D eigenvalue weighted by molar-refractivity contribution is 9.10. The maximum Gasteiger partial charge on any atom is 0.144 e. The van der Waals surface area contributed by atoms with Gasteiger partial charge in [-0.25, -0.2) is 9.97 Å². The molecule has 0 fully saturated rings. The first-order valence-electron chi connectivity index (χ1n) is 12.3. The van der Waals surface area contributed by atoms with Crippen LogP contribution in [-0.2, 0) is 23.7 Å². The van der Waals surface area contributed by atoms with E-state index in [0.717, 1.165) is 21.1 Å². The van der Waals surface area contributed by atoms with Crippen LogP contribution in [0, 0.1) is 0 Å². The van der Waals surface area contributed by atoms with Crippen molar-refractivity contribution < 1.29 is 28.4 Å². The third-order valence-corrected chi connectivity index (χ3v) is 5.52. The minimum Gasteiger partial charge on any atom is -0.489 e. The molecular formula is C26H35BrN4O6. The molecule has 0 bridgehead atoms. The fourth-order valence-corrected chi connectivity index (χ4v) is 3.66. The molecule has 0 unspecified atom stereocenters. The number of nitrogens with two attached hydrogens (primary N) is 1. The number of nitrogens with zero attached hydrogens (tertiary/aromatic N) is 2. The Kier molecular flexibility index (Phi) is 13.4. The molecule has 0 aliphatic rings. The Hall–Kier alpha value is -2.54. The maximum atomic E-state index is 6.24. The van der Waals surface area contributed by atoms with Gasteiger partial charge in [-0.2, -0.15) is 0 Å². The molecule has 1 heterocycles. The average Bonchev–Trinajstić information content (AvgIpc) is 2.89. The van der Waals surface area contributed by atoms with Gasteiger partial charge in [0, 0.05) is 28.2 Å². The molecule has 202 valence electrons. The lowest BCUT2D eigenvalue weighted by atomic mass is 10.2. The molecule has 0 amide bonds. The van der Waals surface area contributed by atoms with Gasteiger partial charge in [-0.05, 0) is 31.2 Å². The Bertz CT molecular complexity index is 1070. The van der Waals surface area contributed by atoms with Crippen molar-refractivity contribution in [1.82, 2.24) is 9.97 Å². The van der Waals surface area contributed by atoms with Gasteiger partial charge in [-0.15, -0.1) is 0 Å². The van der Waals surface area contributed by atoms with Crippen LogP contribution >= 0.6 is 15.9 Å². The summed E-state index contributed by atoms with van der Waals surface area (Å²) in [6, 6.07) is 11.5. The lowest BCUT2D eigenvalue weighted by molar-refractivity contribution is -0.0119. The zero-order valence-corrected chi connectivity index (χ0v) is 22.7. The predicted molar refractivity (Wildman–Crippen MR) is 147 cm³/mol. The summed E-state index contributed by atoms with van der Waals surface area (Å²) in [7, 11) is 0. The number of nitrogen functional groups attached to an aromatic ring is 1. The molecule has 3 aromatic rings. The van der Waals surface area contributed by atoms with Gasteiger partial charge in [-0.1, -0.05) is 22.0 Å². The molecule has 37 heavy (non-hydrogen) atoms. The monoisotopic (exact) mass is 578 g/mol. The van der Waals surface area contributed by atoms with Crippen LogP contribution in [0.1, 0.15) is 6.92 Å². The van der Waals surface area contributed by atoms with Crippen molar-refractivity contribution in [2.45, 2.75) is 6.92 Å². The smallest absolute Gasteiger partial charge is 0.144 e. The van der Waals surface area contributed by atoms with Crippen LogP contribution in [0.3, 0.4) is 0 Å². The van der Waals surface area contributed by atoms with Gasteiger partial charge in [0.1, 0.15) is 24.5 Å². The fraction of sp³-hybridized carbons (Fsp3) is 0.462. The quantitative estimate of drug-likeness (QED) is 0.158. The van der Waals surface area contributed by atoms with Crippen molar-refractivity contribution in [2.24, 2.45) is 0 Å². The normalized spacial score (nSPS) is 11.2. The van der Waals surface area contributed by atoms with Crippen molar-refractivity contribution >= 4 is 44.0 Å². The number of hydrogen-bond donors (Lipinski definition) is 2. The summed E-state index contributed by atoms with van der Waals surface area (Å²) in [5.74, 6) is 1.22. The lowest BCUT2D eigenvalue weighted by Gasteiger charge is -2.13. The molecular weight excluding hydrogens is 544 g/mol. The highest BCUT2D eigenvalue weighted by Crippen LogP contribution is 2.31. The topological polar surface area (TPSA) is 119 Å². The standard InChI is InChI=1S/C26H35BrN4O6/c1-2-32-6-7-33-8-9-34-10-11-35-12-13-36-14-15-37-25-18-24-22(17-23(25)28)26(30-19-29-24)31-21-5-3-4-20(27)16-21/h3-5,16-19H,2,6-15,28H2,1H3,(H,29,30,31). The van der Waals surface area contributed by atoms with E-state index in [1.54, 1.807) is 0 Å². The Morgan fingerprint density at radius 1 is 0.784 bits per heavy atom. The maximum absolute atomic E-state index is 6.24. The zero-order chi connectivity index (χ0) is 26.1. The molecule has 10 nitrogen and oxygen atoms in total. The van der Waals surface area contributed by atoms with Crippen molar-refractivity contribution in [3.05, 3.63) is 47.2 Å².